The van der Waals surface area contributed by atoms with E-state index in [2.05, 4.69) is 70.1 Å². The molecule has 6 saturated heterocycles. The van der Waals surface area contributed by atoms with E-state index in [9.17, 15) is 48.8 Å². The third-order valence-corrected chi connectivity index (χ3v) is 31.7. The number of aryl methyl sites for hydroxylation is 1. The van der Waals surface area contributed by atoms with Gasteiger partial charge < -0.3 is 166 Å². The molecule has 146 heavy (non-hydrogen) atoms. The fourth-order valence-corrected chi connectivity index (χ4v) is 24.2. The van der Waals surface area contributed by atoms with E-state index < -0.39 is 237 Å². The third kappa shape index (κ3) is 25.5. The first-order valence-corrected chi connectivity index (χ1v) is 57.4. The number of aromatic nitrogens is 18. The number of ether oxygens (including phenoxy) is 16. The molecule has 71 heteroatoms. The molecule has 7 aliphatic heterocycles. The Morgan fingerprint density at radius 1 is 0.418 bits per heavy atom. The van der Waals surface area contributed by atoms with E-state index in [0.29, 0.717) is 16.7 Å². The first-order chi connectivity index (χ1) is 69.7. The average Bonchev–Trinajstić information content (AvgIpc) is 1.59. The molecule has 16 rings (SSSR count). The first-order valence-electron chi connectivity index (χ1n) is 44.5. The first kappa shape index (κ1) is 111. The van der Waals surface area contributed by atoms with Gasteiger partial charge >= 0.3 is 45.3 Å². The summed E-state index contributed by atoms with van der Waals surface area (Å²) in [6.45, 7) is -24.9. The Morgan fingerprint density at radius 3 is 1.19 bits per heavy atom. The summed E-state index contributed by atoms with van der Waals surface area (Å²) in [6, 6.07) is -0.804. The molecule has 6 fully saturated rings. The standard InChI is InChI=1S/C75H108N25O36P5S5/c1-34-20-95(74(104)91-58(34)76)69-54(117-15-10-112-5)50(133-138(107,143)121-22-38-48(101)53(116-14-9-111-4)68(127-38)98-31-88-45-60(78)82-28-85-63(45)98)40(128-69)24-123-140(109,145)136-52-42(131-72(57(52)120-18-13-115-8)100-33-90-47-65(100)92-73(80)93-67(47)103)26-125-141(110,146)135-51-41(130-71(56(51)119-17-12-114-7)99-32-89-46-61(79)83-29-86-64(46)99)25-124-139(108,144)134-49-39(129-70(55(49)118-16-11-113-6)96-21-35(2)66(102)94-75(96)105)23-122-137(106,142)132-37-19-43(126-36(37)3)97-30-87-44-59(77)81-27-84-62(44)97/h20-21,27-33,36-43,48-58,68-72,101H,9-19,22-26,76H2,1-8H3,(H,91,104)(H,106,142)(H,107,143)(H,108,144)(H,109,145)(H,110,146)(H2,77,81,84)(H2,78,82,85)(H2,79,83,86)(H,94,102,105)(H3,80,92,93,103)/t36-,37-,38-,39-,40-,41-,42-,43-,48+,49+,50+,51+,52+,53?,54?,55?,56?,57?,58?,68-,69-,70-,71-,72-,137?,138?,139?,140?,141?/m1/s1. The summed E-state index contributed by atoms with van der Waals surface area (Å²) in [7, 11) is 6.98. The summed E-state index contributed by atoms with van der Waals surface area (Å²) in [5, 5.41) is 14.6. The van der Waals surface area contributed by atoms with E-state index >= 15 is 0 Å². The Hall–Kier alpha value is -7.18. The number of carbonyl (C=O) groups excluding carboxylic acids is 1. The minimum Gasteiger partial charge on any atom is -0.387 e. The number of hydrogen-bond acceptors (Lipinski definition) is 52. The molecular formula is C75H108N25O36P5S5. The largest absolute Gasteiger partial charge is 0.387 e. The average molecular weight is 2250 g/mol. The van der Waals surface area contributed by atoms with Crippen LogP contribution < -0.4 is 50.8 Å². The predicted molar refractivity (Wildman–Crippen MR) is 519 cm³/mol. The zero-order valence-corrected chi connectivity index (χ0v) is 87.1. The van der Waals surface area contributed by atoms with Crippen LogP contribution >= 0.6 is 33.6 Å². The fourth-order valence-electron chi connectivity index (χ4n) is 16.9. The number of imidazole rings is 4. The lowest BCUT2D eigenvalue weighted by molar-refractivity contribution is -0.0905. The van der Waals surface area contributed by atoms with Gasteiger partial charge in [0.15, 0.2) is 76.7 Å². The van der Waals surface area contributed by atoms with Crippen LogP contribution in [0.25, 0.3) is 44.7 Å². The van der Waals surface area contributed by atoms with Crippen molar-refractivity contribution in [1.82, 2.24) is 97.8 Å². The van der Waals surface area contributed by atoms with Crippen molar-refractivity contribution in [2.45, 2.75) is 174 Å². The van der Waals surface area contributed by atoms with Gasteiger partial charge in [-0.05, 0) is 85.4 Å². The van der Waals surface area contributed by atoms with Gasteiger partial charge in [0.05, 0.1) is 137 Å². The molecule has 0 bridgehead atoms. The number of amides is 2. The molecule has 7 aliphatic rings. The Kier molecular flexibility index (Phi) is 36.6. The zero-order chi connectivity index (χ0) is 104. The number of fused-ring (bicyclic) bond motifs is 4. The molecule has 804 valence electrons. The minimum absolute atomic E-state index is 0.0299. The van der Waals surface area contributed by atoms with E-state index in [1.54, 1.807) is 18.4 Å². The van der Waals surface area contributed by atoms with Crippen molar-refractivity contribution < 1.29 is 155 Å². The Labute approximate surface area is 852 Å². The predicted octanol–water partition coefficient (Wildman–Crippen LogP) is -1.73. The van der Waals surface area contributed by atoms with Gasteiger partial charge in [0, 0.05) is 59.9 Å². The molecule has 0 aliphatic carbocycles. The number of nitrogen functional groups attached to an aromatic ring is 4. The molecule has 19 N–H and O–H groups in total. The van der Waals surface area contributed by atoms with Crippen LogP contribution in [0.2, 0.25) is 0 Å². The number of carbonyl (C=O) groups is 1. The van der Waals surface area contributed by atoms with Crippen LogP contribution in [-0.4, -0.2) is 379 Å². The second kappa shape index (κ2) is 48.0. The van der Waals surface area contributed by atoms with Crippen molar-refractivity contribution in [3.63, 3.8) is 0 Å². The second-order valence-electron chi connectivity index (χ2n) is 33.4. The quantitative estimate of drug-likeness (QED) is 0.0149. The van der Waals surface area contributed by atoms with Gasteiger partial charge in [0.2, 0.25) is 5.95 Å². The lowest BCUT2D eigenvalue weighted by Crippen LogP contribution is -2.57. The molecule has 29 atom stereocenters. The number of methoxy groups -OCH3 is 5. The van der Waals surface area contributed by atoms with Crippen LogP contribution in [0.15, 0.2) is 76.6 Å². The summed E-state index contributed by atoms with van der Waals surface area (Å²) >= 11 is 29.2. The third-order valence-electron chi connectivity index (χ3n) is 23.9. The zero-order valence-electron chi connectivity index (χ0n) is 78.6. The molecule has 0 aromatic carbocycles. The number of nitrogens with zero attached hydrogens (tertiary/aromatic N) is 17. The maximum atomic E-state index is 14.1. The highest BCUT2D eigenvalue weighted by Crippen LogP contribution is 2.58. The van der Waals surface area contributed by atoms with E-state index in [0.717, 1.165) is 22.1 Å². The summed E-state index contributed by atoms with van der Waals surface area (Å²) < 4.78 is 168. The monoisotopic (exact) mass is 2250 g/mol. The maximum absolute atomic E-state index is 14.1. The Bertz CT molecular complexity index is 6570. The number of aromatic amines is 2. The van der Waals surface area contributed by atoms with E-state index in [1.807, 2.05) is 0 Å². The number of anilines is 4. The van der Waals surface area contributed by atoms with E-state index in [1.165, 1.54) is 100 Å². The SMILES string of the molecule is COCCOC1[C@@H](OP(O)(=S)OC[C@H]2O[C@@H](n3cnc4c(N)ncnc43)C(OCCOC)[C@H]2O)[C@@H](COP(O)(=S)O[C@@H]2C(OCCOC)[C@H](n3cnc4c(=O)[nH]c(N)nc43)O[C@@H]2COP(O)(=S)O[C@@H]2C(OCCOC)[C@H](n3cnc4c(N)ncnc43)O[C@@H]2COP(O)(=S)O[C@@H]2C(OCCOC)[C@H](n3cc(C)c(=O)[nH]c3=O)O[C@@H]2COP(O)(=S)O[C@@H]2C[C@H](n3cnc4c(N)ncnc43)O[C@@H]2C)O[C@H]1N1C=C(C)C(N)NC1=O. The summed E-state index contributed by atoms with van der Waals surface area (Å²) in [6.07, 6.45) is -22.8. The van der Waals surface area contributed by atoms with Crippen molar-refractivity contribution in [2.24, 2.45) is 5.73 Å². The van der Waals surface area contributed by atoms with E-state index in [4.69, 9.17) is 209 Å². The van der Waals surface area contributed by atoms with Crippen LogP contribution in [0, 0.1) is 6.92 Å². The number of nitrogens with two attached hydrogens (primary N) is 5. The van der Waals surface area contributed by atoms with Gasteiger partial charge in [-0.25, -0.2) is 59.4 Å². The summed E-state index contributed by atoms with van der Waals surface area (Å²) in [5.74, 6) is -0.262. The van der Waals surface area contributed by atoms with Crippen LogP contribution in [0.3, 0.4) is 0 Å². The molecule has 0 saturated carbocycles. The lowest BCUT2D eigenvalue weighted by Gasteiger charge is -2.35. The molecule has 0 radical (unpaired) electrons. The lowest BCUT2D eigenvalue weighted by atomic mass is 10.1. The van der Waals surface area contributed by atoms with Crippen molar-refractivity contribution in [2.75, 3.05) is 158 Å². The number of rotatable bonds is 51. The molecule has 9 aromatic heterocycles. The van der Waals surface area contributed by atoms with Gasteiger partial charge in [0.1, 0.15) is 139 Å². The molecule has 9 aromatic rings. The van der Waals surface area contributed by atoms with E-state index in [-0.39, 0.29) is 135 Å². The van der Waals surface area contributed by atoms with Crippen molar-refractivity contribution in [3.05, 3.63) is 99.0 Å². The molecular weight excluding hydrogens is 2140 g/mol. The van der Waals surface area contributed by atoms with Gasteiger partial charge in [0.25, 0.3) is 11.1 Å². The maximum Gasteiger partial charge on any atom is 0.330 e. The highest BCUT2D eigenvalue weighted by molar-refractivity contribution is 8.08. The van der Waals surface area contributed by atoms with Gasteiger partial charge in [-0.2, -0.15) is 4.98 Å². The smallest absolute Gasteiger partial charge is 0.330 e. The Balaban J connectivity index is 0.687. The number of aliphatic hydroxyl groups is 1. The molecule has 11 unspecified atom stereocenters. The van der Waals surface area contributed by atoms with Gasteiger partial charge in [-0.1, -0.05) is 0 Å². The molecule has 61 nitrogen and oxygen atoms in total. The number of aliphatic hydroxyl groups excluding tert-OH is 1. The number of H-pyrrole nitrogens is 2. The Morgan fingerprint density at radius 2 is 0.767 bits per heavy atom. The molecule has 16 heterocycles. The highest BCUT2D eigenvalue weighted by atomic mass is 32.5. The van der Waals surface area contributed by atoms with Crippen LogP contribution in [0.5, 0.6) is 0 Å². The topological polar surface area (TPSA) is 773 Å². The van der Waals surface area contributed by atoms with Crippen molar-refractivity contribution >= 4 is 167 Å². The number of hydrogen-bond donors (Lipinski definition) is 14. The fraction of sp³-hybridized carbons (Fsp3) is 0.640. The van der Waals surface area contributed by atoms with Crippen LogP contribution in [-0.2, 0) is 180 Å². The van der Waals surface area contributed by atoms with Crippen molar-refractivity contribution in [3.8, 4) is 0 Å². The minimum atomic E-state index is -5.02. The molecule has 2 amide bonds. The highest BCUT2D eigenvalue weighted by Gasteiger charge is 2.59. The summed E-state index contributed by atoms with van der Waals surface area (Å²) in [5.41, 5.74) is 29.7. The number of urea groups is 1. The van der Waals surface area contributed by atoms with Crippen molar-refractivity contribution in [1.29, 1.82) is 0 Å². The normalized spacial score (nSPS) is 30.3. The van der Waals surface area contributed by atoms with Gasteiger partial charge in [-0.3, -0.25) is 65.4 Å². The summed E-state index contributed by atoms with van der Waals surface area (Å²) in [4.78, 5) is 170. The van der Waals surface area contributed by atoms with Crippen LogP contribution in [0.4, 0.5) is 28.2 Å². The second-order valence-corrected chi connectivity index (χ2v) is 47.4. The van der Waals surface area contributed by atoms with Crippen LogP contribution in [0.1, 0.15) is 57.0 Å². The molecule has 0 spiro atoms. The van der Waals surface area contributed by atoms with Gasteiger partial charge in [-0.15, -0.1) is 0 Å². The number of nitrogens with one attached hydrogen (secondary N) is 3.